The van der Waals surface area contributed by atoms with Gasteiger partial charge in [-0.25, -0.2) is 4.79 Å². The molecule has 0 radical (unpaired) electrons. The van der Waals surface area contributed by atoms with Gasteiger partial charge in [0.15, 0.2) is 0 Å². The van der Waals surface area contributed by atoms with E-state index >= 15 is 0 Å². The molecule has 1 aromatic carbocycles. The Morgan fingerprint density at radius 3 is 2.62 bits per heavy atom. The van der Waals surface area contributed by atoms with E-state index < -0.39 is 0 Å². The first-order valence-electron chi connectivity index (χ1n) is 8.60. The number of carbonyl (C=O) groups excluding carboxylic acids is 1. The van der Waals surface area contributed by atoms with Crippen LogP contribution in [0, 0.1) is 0 Å². The van der Waals surface area contributed by atoms with Gasteiger partial charge < -0.3 is 14.6 Å². The molecule has 6 nitrogen and oxygen atoms in total. The average Bonchev–Trinajstić information content (AvgIpc) is 3.30. The van der Waals surface area contributed by atoms with Gasteiger partial charge in [-0.05, 0) is 44.6 Å². The van der Waals surface area contributed by atoms with Gasteiger partial charge in [0.25, 0.3) is 0 Å². The van der Waals surface area contributed by atoms with E-state index in [0.717, 1.165) is 49.4 Å². The zero-order valence-corrected chi connectivity index (χ0v) is 13.8. The molecule has 0 saturated heterocycles. The molecule has 1 N–H and O–H groups in total. The third-order valence-corrected chi connectivity index (χ3v) is 4.89. The lowest BCUT2D eigenvalue weighted by Crippen LogP contribution is -2.21. The first-order valence-corrected chi connectivity index (χ1v) is 8.60. The fourth-order valence-electron chi connectivity index (χ4n) is 3.31. The largest absolute Gasteiger partial charge is 0.489 e. The third kappa shape index (κ3) is 2.98. The Morgan fingerprint density at radius 1 is 1.21 bits per heavy atom. The van der Waals surface area contributed by atoms with Crippen LogP contribution in [-0.4, -0.2) is 40.2 Å². The lowest BCUT2D eigenvalue weighted by atomic mass is 9.93. The molecule has 0 unspecified atom stereocenters. The van der Waals surface area contributed by atoms with Crippen LogP contribution in [0.2, 0.25) is 0 Å². The third-order valence-electron chi connectivity index (χ3n) is 4.89. The second kappa shape index (κ2) is 6.09. The normalized spacial score (nSPS) is 24.1. The SMILES string of the molecule is COC(=O)c1cc2cn(C3CCC(O)CC3)nc2cc1OC1CC1. The van der Waals surface area contributed by atoms with Crippen molar-refractivity contribution in [1.29, 1.82) is 0 Å². The average molecular weight is 330 g/mol. The maximum absolute atomic E-state index is 12.1. The van der Waals surface area contributed by atoms with E-state index in [9.17, 15) is 9.90 Å². The molecule has 2 fully saturated rings. The Morgan fingerprint density at radius 2 is 1.96 bits per heavy atom. The van der Waals surface area contributed by atoms with E-state index in [1.807, 2.05) is 16.9 Å². The molecule has 0 aliphatic heterocycles. The highest BCUT2D eigenvalue weighted by Crippen LogP contribution is 2.34. The Balaban J connectivity index is 1.68. The number of hydrogen-bond acceptors (Lipinski definition) is 5. The molecule has 0 atom stereocenters. The number of aliphatic hydroxyl groups excluding tert-OH is 1. The van der Waals surface area contributed by atoms with E-state index in [4.69, 9.17) is 9.47 Å². The first kappa shape index (κ1) is 15.4. The molecule has 6 heteroatoms. The summed E-state index contributed by atoms with van der Waals surface area (Å²) in [7, 11) is 1.38. The van der Waals surface area contributed by atoms with Crippen LogP contribution in [0.3, 0.4) is 0 Å². The molecule has 2 aliphatic rings. The second-order valence-corrected chi connectivity index (χ2v) is 6.79. The summed E-state index contributed by atoms with van der Waals surface area (Å²) in [5.74, 6) is 0.169. The van der Waals surface area contributed by atoms with Gasteiger partial charge in [-0.1, -0.05) is 0 Å². The highest BCUT2D eigenvalue weighted by molar-refractivity contribution is 5.97. The van der Waals surface area contributed by atoms with Gasteiger partial charge in [0.05, 0.1) is 30.9 Å². The summed E-state index contributed by atoms with van der Waals surface area (Å²) in [6, 6.07) is 3.95. The smallest absolute Gasteiger partial charge is 0.341 e. The first-order chi connectivity index (χ1) is 11.6. The maximum Gasteiger partial charge on any atom is 0.341 e. The van der Waals surface area contributed by atoms with Crippen molar-refractivity contribution in [2.24, 2.45) is 0 Å². The van der Waals surface area contributed by atoms with Crippen molar-refractivity contribution >= 4 is 16.9 Å². The van der Waals surface area contributed by atoms with Crippen LogP contribution < -0.4 is 4.74 Å². The van der Waals surface area contributed by atoms with Crippen LogP contribution in [-0.2, 0) is 4.74 Å². The summed E-state index contributed by atoms with van der Waals surface area (Å²) in [5.41, 5.74) is 1.28. The number of esters is 1. The minimum Gasteiger partial charge on any atom is -0.489 e. The number of rotatable bonds is 4. The van der Waals surface area contributed by atoms with Crippen molar-refractivity contribution in [3.63, 3.8) is 0 Å². The van der Waals surface area contributed by atoms with Gasteiger partial charge in [0.1, 0.15) is 11.3 Å². The van der Waals surface area contributed by atoms with Gasteiger partial charge in [-0.15, -0.1) is 0 Å². The Labute approximate surface area is 140 Å². The van der Waals surface area contributed by atoms with Crippen LogP contribution in [0.25, 0.3) is 10.9 Å². The van der Waals surface area contributed by atoms with E-state index in [1.54, 1.807) is 6.07 Å². The number of aromatic nitrogens is 2. The van der Waals surface area contributed by atoms with Crippen LogP contribution >= 0.6 is 0 Å². The lowest BCUT2D eigenvalue weighted by Gasteiger charge is -2.25. The number of ether oxygens (including phenoxy) is 2. The molecular weight excluding hydrogens is 308 g/mol. The topological polar surface area (TPSA) is 73.6 Å². The molecule has 1 aromatic heterocycles. The van der Waals surface area contributed by atoms with Crippen LogP contribution in [0.5, 0.6) is 5.75 Å². The van der Waals surface area contributed by atoms with Crippen molar-refractivity contribution in [3.05, 3.63) is 23.9 Å². The van der Waals surface area contributed by atoms with Crippen molar-refractivity contribution in [2.45, 2.75) is 56.8 Å². The fraction of sp³-hybridized carbons (Fsp3) is 0.556. The highest BCUT2D eigenvalue weighted by Gasteiger charge is 2.27. The number of benzene rings is 1. The molecule has 1 heterocycles. The monoisotopic (exact) mass is 330 g/mol. The molecule has 24 heavy (non-hydrogen) atoms. The highest BCUT2D eigenvalue weighted by atomic mass is 16.5. The van der Waals surface area contributed by atoms with E-state index in [-0.39, 0.29) is 18.2 Å². The zero-order valence-electron chi connectivity index (χ0n) is 13.8. The number of aliphatic hydroxyl groups is 1. The summed E-state index contributed by atoms with van der Waals surface area (Å²) in [5, 5.41) is 15.3. The summed E-state index contributed by atoms with van der Waals surface area (Å²) in [6.07, 6.45) is 7.51. The molecular formula is C18H22N2O4. The van der Waals surface area contributed by atoms with Gasteiger partial charge in [-0.3, -0.25) is 4.68 Å². The maximum atomic E-state index is 12.1. The quantitative estimate of drug-likeness (QED) is 0.873. The minimum absolute atomic E-state index is 0.185. The number of hydrogen-bond donors (Lipinski definition) is 1. The Hall–Kier alpha value is -2.08. The number of fused-ring (bicyclic) bond motifs is 1. The Kier molecular flexibility index (Phi) is 3.92. The summed E-state index contributed by atoms with van der Waals surface area (Å²) in [6.45, 7) is 0. The van der Waals surface area contributed by atoms with Crippen LogP contribution in [0.4, 0.5) is 0 Å². The fourth-order valence-corrected chi connectivity index (χ4v) is 3.31. The number of carbonyl (C=O) groups is 1. The van der Waals surface area contributed by atoms with Gasteiger partial charge in [-0.2, -0.15) is 5.10 Å². The summed E-state index contributed by atoms with van der Waals surface area (Å²) >= 11 is 0. The van der Waals surface area contributed by atoms with E-state index in [2.05, 4.69) is 5.10 Å². The zero-order chi connectivity index (χ0) is 16.7. The van der Waals surface area contributed by atoms with Crippen molar-refractivity contribution in [2.75, 3.05) is 7.11 Å². The second-order valence-electron chi connectivity index (χ2n) is 6.79. The van der Waals surface area contributed by atoms with Crippen LogP contribution in [0.15, 0.2) is 18.3 Å². The molecule has 128 valence electrons. The standard InChI is InChI=1S/C18H22N2O4/c1-23-18(22)15-8-11-10-20(12-2-4-13(21)5-3-12)19-16(11)9-17(15)24-14-6-7-14/h8-10,12-14,21H,2-7H2,1H3. The summed E-state index contributed by atoms with van der Waals surface area (Å²) in [4.78, 5) is 12.1. The van der Waals surface area contributed by atoms with Crippen LogP contribution in [0.1, 0.15) is 54.9 Å². The molecule has 2 aliphatic carbocycles. The summed E-state index contributed by atoms with van der Waals surface area (Å²) < 4.78 is 12.7. The molecule has 4 rings (SSSR count). The molecule has 2 aromatic rings. The Bertz CT molecular complexity index is 758. The van der Waals surface area contributed by atoms with Gasteiger partial charge in [0, 0.05) is 17.6 Å². The molecule has 2 saturated carbocycles. The van der Waals surface area contributed by atoms with Crippen molar-refractivity contribution in [1.82, 2.24) is 9.78 Å². The van der Waals surface area contributed by atoms with E-state index in [0.29, 0.717) is 17.4 Å². The van der Waals surface area contributed by atoms with E-state index in [1.165, 1.54) is 7.11 Å². The predicted molar refractivity (Wildman–Crippen MR) is 88.2 cm³/mol. The lowest BCUT2D eigenvalue weighted by molar-refractivity contribution is 0.0596. The molecule has 0 spiro atoms. The number of methoxy groups -OCH3 is 1. The predicted octanol–water partition coefficient (Wildman–Crippen LogP) is 2.84. The van der Waals surface area contributed by atoms with Gasteiger partial charge >= 0.3 is 5.97 Å². The van der Waals surface area contributed by atoms with Crippen molar-refractivity contribution < 1.29 is 19.4 Å². The minimum atomic E-state index is -0.388. The number of nitrogens with zero attached hydrogens (tertiary/aromatic N) is 2. The molecule has 0 amide bonds. The van der Waals surface area contributed by atoms with Gasteiger partial charge in [0.2, 0.25) is 0 Å². The van der Waals surface area contributed by atoms with Crippen molar-refractivity contribution in [3.8, 4) is 5.75 Å². The molecule has 0 bridgehead atoms.